The summed E-state index contributed by atoms with van der Waals surface area (Å²) in [7, 11) is 3.25. The third-order valence-electron chi connectivity index (χ3n) is 9.04. The Labute approximate surface area is 226 Å². The maximum absolute atomic E-state index is 13.9. The molecular formula is C30H34N2O7. The second-order valence-electron chi connectivity index (χ2n) is 11.7. The Kier molecular flexibility index (Phi) is 6.52. The van der Waals surface area contributed by atoms with Gasteiger partial charge in [-0.25, -0.2) is 0 Å². The van der Waals surface area contributed by atoms with Crippen molar-refractivity contribution in [1.29, 1.82) is 0 Å². The van der Waals surface area contributed by atoms with Crippen LogP contribution in [0.3, 0.4) is 0 Å². The summed E-state index contributed by atoms with van der Waals surface area (Å²) >= 11 is 0. The lowest BCUT2D eigenvalue weighted by molar-refractivity contribution is -0.190. The summed E-state index contributed by atoms with van der Waals surface area (Å²) in [6.45, 7) is 4.16. The number of fused-ring (bicyclic) bond motifs is 3. The molecule has 206 valence electrons. The van der Waals surface area contributed by atoms with E-state index in [2.05, 4.69) is 13.8 Å². The molecule has 3 unspecified atom stereocenters. The Balaban J connectivity index is 1.65. The number of phenols is 1. The number of likely N-dealkylation sites (N-methyl/N-ethyl adjacent to an activating group) is 1. The van der Waals surface area contributed by atoms with Crippen molar-refractivity contribution in [1.82, 2.24) is 4.90 Å². The first kappa shape index (κ1) is 27.2. The van der Waals surface area contributed by atoms with E-state index in [-0.39, 0.29) is 30.1 Å². The number of nitrogens with zero attached hydrogens (tertiary/aromatic N) is 1. The van der Waals surface area contributed by atoms with Gasteiger partial charge in [-0.15, -0.1) is 0 Å². The van der Waals surface area contributed by atoms with Crippen LogP contribution in [0.5, 0.6) is 5.75 Å². The summed E-state index contributed by atoms with van der Waals surface area (Å²) in [5, 5.41) is 33.5. The van der Waals surface area contributed by atoms with Gasteiger partial charge in [0.2, 0.25) is 5.91 Å². The summed E-state index contributed by atoms with van der Waals surface area (Å²) in [6, 6.07) is 10.2. The van der Waals surface area contributed by atoms with E-state index >= 15 is 0 Å². The summed E-state index contributed by atoms with van der Waals surface area (Å²) < 4.78 is 0. The molecule has 0 heterocycles. The van der Waals surface area contributed by atoms with E-state index < -0.39 is 64.7 Å². The second-order valence-corrected chi connectivity index (χ2v) is 11.7. The minimum absolute atomic E-state index is 0.0120. The molecule has 9 heteroatoms. The number of ketones is 3. The molecule has 5 rings (SSSR count). The number of Topliss-reactive ketones (excluding diaryl/α,β-unsaturated/α-hetero) is 3. The summed E-state index contributed by atoms with van der Waals surface area (Å²) in [6.07, 6.45) is -1.19. The van der Waals surface area contributed by atoms with Crippen LogP contribution in [-0.4, -0.2) is 75.3 Å². The van der Waals surface area contributed by atoms with Gasteiger partial charge in [0.15, 0.2) is 23.0 Å². The van der Waals surface area contributed by atoms with Crippen molar-refractivity contribution in [3.63, 3.8) is 0 Å². The minimum Gasteiger partial charge on any atom is -0.507 e. The van der Waals surface area contributed by atoms with E-state index in [0.29, 0.717) is 5.56 Å². The smallest absolute Gasteiger partial charge is 0.230 e. The Morgan fingerprint density at radius 1 is 1.10 bits per heavy atom. The molecule has 2 aromatic carbocycles. The van der Waals surface area contributed by atoms with Crippen molar-refractivity contribution < 1.29 is 34.5 Å². The molecule has 0 spiro atoms. The zero-order valence-corrected chi connectivity index (χ0v) is 22.4. The first-order valence-electron chi connectivity index (χ1n) is 13.2. The average Bonchev–Trinajstić information content (AvgIpc) is 2.86. The highest BCUT2D eigenvalue weighted by Gasteiger charge is 2.69. The fourth-order valence-corrected chi connectivity index (χ4v) is 7.16. The zero-order valence-electron chi connectivity index (χ0n) is 22.4. The van der Waals surface area contributed by atoms with Crippen molar-refractivity contribution >= 4 is 23.3 Å². The quantitative estimate of drug-likeness (QED) is 0.429. The Hall–Kier alpha value is -3.40. The molecular weight excluding hydrogens is 500 g/mol. The highest BCUT2D eigenvalue weighted by molar-refractivity contribution is 6.25. The largest absolute Gasteiger partial charge is 0.507 e. The number of primary amides is 1. The number of aliphatic hydroxyl groups excluding tert-OH is 1. The lowest BCUT2D eigenvalue weighted by atomic mass is 9.52. The van der Waals surface area contributed by atoms with Gasteiger partial charge in [-0.3, -0.25) is 19.2 Å². The van der Waals surface area contributed by atoms with Crippen LogP contribution in [0.2, 0.25) is 0 Å². The van der Waals surface area contributed by atoms with E-state index in [9.17, 15) is 34.5 Å². The number of aromatic hydroxyl groups is 1. The van der Waals surface area contributed by atoms with Gasteiger partial charge in [-0.05, 0) is 67.1 Å². The van der Waals surface area contributed by atoms with Gasteiger partial charge < -0.3 is 26.0 Å². The number of hydrogen-bond acceptors (Lipinski definition) is 8. The maximum atomic E-state index is 13.9. The van der Waals surface area contributed by atoms with Gasteiger partial charge in [0.05, 0.1) is 17.6 Å². The van der Waals surface area contributed by atoms with Crippen LogP contribution in [0.1, 0.15) is 47.7 Å². The molecule has 39 heavy (non-hydrogen) atoms. The lowest BCUT2D eigenvalue weighted by Crippen LogP contribution is -2.75. The van der Waals surface area contributed by atoms with Crippen molar-refractivity contribution in [2.24, 2.45) is 29.4 Å². The second kappa shape index (κ2) is 9.36. The van der Waals surface area contributed by atoms with Crippen LogP contribution >= 0.6 is 0 Å². The fourth-order valence-electron chi connectivity index (χ4n) is 7.16. The highest BCUT2D eigenvalue weighted by atomic mass is 16.3. The fraction of sp³-hybridized carbons (Fsp3) is 0.467. The molecule has 0 aliphatic heterocycles. The number of carbonyl (C=O) groups is 4. The van der Waals surface area contributed by atoms with E-state index in [1.54, 1.807) is 25.1 Å². The Morgan fingerprint density at radius 3 is 2.41 bits per heavy atom. The SMILES string of the molecule is CC(C)c1cccc(-c2ccc(O)c3c2C[C@@H]2C[C@@H]4[C@@H](N(C)C)C(O)C(C(N)=O)C(=O)[C@]4(O)C(=O)C2C3=O)c1. The minimum atomic E-state index is -2.67. The number of hydrogen-bond donors (Lipinski definition) is 4. The van der Waals surface area contributed by atoms with Crippen molar-refractivity contribution in [3.05, 3.63) is 53.1 Å². The van der Waals surface area contributed by atoms with Crippen LogP contribution in [0.25, 0.3) is 11.1 Å². The number of aliphatic hydroxyl groups is 2. The van der Waals surface area contributed by atoms with Gasteiger partial charge in [0.1, 0.15) is 11.7 Å². The van der Waals surface area contributed by atoms with Crippen LogP contribution < -0.4 is 5.73 Å². The molecule has 3 aliphatic rings. The standard InChI is InChI=1S/C30H34N2O7/c1-13(2)14-6-5-7-15(10-14)17-8-9-20(33)22-18(17)11-16-12-19-24(32(3)4)26(35)23(29(31)38)28(37)30(19,39)27(36)21(16)25(22)34/h5-10,13,16,19,21,23-24,26,33,35,39H,11-12H2,1-4H3,(H2,31,38)/t16-,19-,21?,23?,24-,26?,30-/m1/s1. The van der Waals surface area contributed by atoms with Crippen LogP contribution in [0.4, 0.5) is 0 Å². The zero-order chi connectivity index (χ0) is 28.5. The molecule has 0 saturated heterocycles. The van der Waals surface area contributed by atoms with Crippen LogP contribution in [-0.2, 0) is 20.8 Å². The summed E-state index contributed by atoms with van der Waals surface area (Å²) in [5.74, 6) is -8.78. The maximum Gasteiger partial charge on any atom is 0.230 e. The predicted molar refractivity (Wildman–Crippen MR) is 142 cm³/mol. The van der Waals surface area contributed by atoms with Crippen molar-refractivity contribution in [2.75, 3.05) is 14.1 Å². The van der Waals surface area contributed by atoms with E-state index in [0.717, 1.165) is 16.7 Å². The van der Waals surface area contributed by atoms with Gasteiger partial charge in [0, 0.05) is 12.0 Å². The molecule has 0 radical (unpaired) electrons. The third-order valence-corrected chi connectivity index (χ3v) is 9.04. The average molecular weight is 535 g/mol. The van der Waals surface area contributed by atoms with Gasteiger partial charge >= 0.3 is 0 Å². The molecule has 7 atom stereocenters. The highest BCUT2D eigenvalue weighted by Crippen LogP contribution is 2.52. The van der Waals surface area contributed by atoms with Crippen LogP contribution in [0.15, 0.2) is 36.4 Å². The first-order valence-corrected chi connectivity index (χ1v) is 13.2. The molecule has 1 amide bonds. The number of phenolic OH excluding ortho intramolecular Hbond substituents is 1. The van der Waals surface area contributed by atoms with Gasteiger partial charge in [-0.2, -0.15) is 0 Å². The first-order chi connectivity index (χ1) is 18.3. The molecule has 3 aliphatic carbocycles. The topological polar surface area (TPSA) is 158 Å². The Morgan fingerprint density at radius 2 is 1.79 bits per heavy atom. The molecule has 2 saturated carbocycles. The molecule has 0 aromatic heterocycles. The number of rotatable bonds is 4. The van der Waals surface area contributed by atoms with Crippen molar-refractivity contribution in [2.45, 2.75) is 50.4 Å². The van der Waals surface area contributed by atoms with Crippen LogP contribution in [0, 0.1) is 23.7 Å². The van der Waals surface area contributed by atoms with E-state index in [1.807, 2.05) is 24.3 Å². The molecule has 9 nitrogen and oxygen atoms in total. The number of carbonyl (C=O) groups excluding carboxylic acids is 4. The van der Waals surface area contributed by atoms with E-state index in [1.165, 1.54) is 6.07 Å². The molecule has 0 bridgehead atoms. The van der Waals surface area contributed by atoms with Crippen molar-refractivity contribution in [3.8, 4) is 16.9 Å². The number of nitrogens with two attached hydrogens (primary N) is 1. The monoisotopic (exact) mass is 534 g/mol. The normalized spacial score (nSPS) is 32.2. The summed E-state index contributed by atoms with van der Waals surface area (Å²) in [5.41, 5.74) is 6.13. The number of amides is 1. The predicted octanol–water partition coefficient (Wildman–Crippen LogP) is 1.45. The summed E-state index contributed by atoms with van der Waals surface area (Å²) in [4.78, 5) is 55.0. The number of benzene rings is 2. The van der Waals surface area contributed by atoms with E-state index in [4.69, 9.17) is 5.73 Å². The van der Waals surface area contributed by atoms with Gasteiger partial charge in [0.25, 0.3) is 0 Å². The molecule has 2 aromatic rings. The Bertz CT molecular complexity index is 1400. The third kappa shape index (κ3) is 3.86. The van der Waals surface area contributed by atoms with Gasteiger partial charge in [-0.1, -0.05) is 44.2 Å². The molecule has 2 fully saturated rings. The lowest BCUT2D eigenvalue weighted by Gasteiger charge is -2.54. The molecule has 5 N–H and O–H groups in total.